The molecule has 1 aromatic carbocycles. The van der Waals surface area contributed by atoms with Crippen molar-refractivity contribution in [2.75, 3.05) is 32.7 Å². The van der Waals surface area contributed by atoms with Crippen molar-refractivity contribution in [2.24, 2.45) is 0 Å². The highest BCUT2D eigenvalue weighted by molar-refractivity contribution is 5.19. The summed E-state index contributed by atoms with van der Waals surface area (Å²) in [7, 11) is 0. The van der Waals surface area contributed by atoms with E-state index >= 15 is 0 Å². The van der Waals surface area contributed by atoms with Gasteiger partial charge in [0.2, 0.25) is 5.89 Å². The second-order valence-corrected chi connectivity index (χ2v) is 6.46. The maximum atomic E-state index is 13.3. The fourth-order valence-corrected chi connectivity index (χ4v) is 3.13. The molecule has 7 heteroatoms. The van der Waals surface area contributed by atoms with Crippen LogP contribution in [0.3, 0.4) is 0 Å². The minimum absolute atomic E-state index is 0.315. The molecule has 0 bridgehead atoms. The molecule has 6 nitrogen and oxygen atoms in total. The van der Waals surface area contributed by atoms with Crippen LogP contribution >= 0.6 is 0 Å². The first-order valence-electron chi connectivity index (χ1n) is 8.83. The molecule has 1 saturated heterocycles. The monoisotopic (exact) mass is 348 g/mol. The van der Waals surface area contributed by atoms with Crippen LogP contribution in [-0.4, -0.2) is 57.8 Å². The minimum Gasteiger partial charge on any atom is -0.387 e. The van der Waals surface area contributed by atoms with Crippen molar-refractivity contribution in [3.63, 3.8) is 0 Å². The van der Waals surface area contributed by atoms with Crippen molar-refractivity contribution in [2.45, 2.75) is 32.4 Å². The van der Waals surface area contributed by atoms with Gasteiger partial charge >= 0.3 is 0 Å². The van der Waals surface area contributed by atoms with Crippen molar-refractivity contribution in [1.82, 2.24) is 19.9 Å². The Morgan fingerprint density at radius 3 is 2.80 bits per heavy atom. The van der Waals surface area contributed by atoms with Crippen LogP contribution in [0.5, 0.6) is 0 Å². The lowest BCUT2D eigenvalue weighted by molar-refractivity contribution is 0.114. The van der Waals surface area contributed by atoms with Crippen LogP contribution in [0.15, 0.2) is 28.8 Å². The van der Waals surface area contributed by atoms with E-state index in [-0.39, 0.29) is 5.82 Å². The molecule has 1 unspecified atom stereocenters. The van der Waals surface area contributed by atoms with Gasteiger partial charge in [-0.15, -0.1) is 0 Å². The lowest BCUT2D eigenvalue weighted by atomic mass is 10.1. The van der Waals surface area contributed by atoms with Crippen molar-refractivity contribution in [3.8, 4) is 0 Å². The minimum atomic E-state index is -0.674. The number of hydrogen-bond donors (Lipinski definition) is 1. The number of aromatic nitrogens is 2. The van der Waals surface area contributed by atoms with Crippen LogP contribution in [0.4, 0.5) is 4.39 Å². The lowest BCUT2D eigenvalue weighted by Gasteiger charge is -2.24. The largest absolute Gasteiger partial charge is 0.387 e. The van der Waals surface area contributed by atoms with Crippen molar-refractivity contribution >= 4 is 0 Å². The Balaban J connectivity index is 1.51. The zero-order valence-corrected chi connectivity index (χ0v) is 14.6. The molecule has 3 rings (SSSR count). The second kappa shape index (κ2) is 8.51. The van der Waals surface area contributed by atoms with E-state index in [9.17, 15) is 9.50 Å². The molecule has 0 radical (unpaired) electrons. The Morgan fingerprint density at radius 1 is 1.24 bits per heavy atom. The quantitative estimate of drug-likeness (QED) is 0.861. The van der Waals surface area contributed by atoms with Crippen molar-refractivity contribution in [1.29, 1.82) is 0 Å². The summed E-state index contributed by atoms with van der Waals surface area (Å²) in [5.74, 6) is 1.08. The fourth-order valence-electron chi connectivity index (χ4n) is 3.13. The van der Waals surface area contributed by atoms with Crippen LogP contribution in [0, 0.1) is 5.82 Å². The molecule has 2 aromatic rings. The summed E-state index contributed by atoms with van der Waals surface area (Å²) < 4.78 is 18.5. The number of aliphatic hydroxyl groups is 1. The van der Waals surface area contributed by atoms with Gasteiger partial charge in [0, 0.05) is 26.1 Å². The molecule has 1 N–H and O–H groups in total. The fraction of sp³-hybridized carbons (Fsp3) is 0.556. The molecule has 0 spiro atoms. The molecular formula is C18H25FN4O2. The molecule has 1 aliphatic rings. The van der Waals surface area contributed by atoms with E-state index in [1.807, 2.05) is 6.92 Å². The van der Waals surface area contributed by atoms with Gasteiger partial charge < -0.3 is 9.63 Å². The van der Waals surface area contributed by atoms with Gasteiger partial charge in [0.15, 0.2) is 5.82 Å². The van der Waals surface area contributed by atoms with Gasteiger partial charge in [-0.1, -0.05) is 24.2 Å². The first kappa shape index (κ1) is 18.0. The highest BCUT2D eigenvalue weighted by Gasteiger charge is 2.19. The number of aliphatic hydroxyl groups excluding tert-OH is 1. The molecule has 2 heterocycles. The molecule has 1 aromatic heterocycles. The summed E-state index contributed by atoms with van der Waals surface area (Å²) in [4.78, 5) is 8.89. The molecule has 0 amide bonds. The molecule has 0 saturated carbocycles. The Bertz CT molecular complexity index is 679. The predicted octanol–water partition coefficient (Wildman–Crippen LogP) is 2.01. The maximum absolute atomic E-state index is 13.3. The van der Waals surface area contributed by atoms with Gasteiger partial charge in [-0.3, -0.25) is 9.80 Å². The summed E-state index contributed by atoms with van der Waals surface area (Å²) in [6.07, 6.45) is 1.08. The van der Waals surface area contributed by atoms with E-state index < -0.39 is 6.10 Å². The number of aryl methyl sites for hydroxylation is 1. The van der Waals surface area contributed by atoms with Crippen molar-refractivity contribution in [3.05, 3.63) is 47.4 Å². The van der Waals surface area contributed by atoms with Crippen LogP contribution in [-0.2, 0) is 13.0 Å². The number of benzene rings is 1. The van der Waals surface area contributed by atoms with E-state index in [2.05, 4.69) is 19.9 Å². The van der Waals surface area contributed by atoms with Gasteiger partial charge in [0.1, 0.15) is 5.82 Å². The zero-order valence-electron chi connectivity index (χ0n) is 14.6. The van der Waals surface area contributed by atoms with Gasteiger partial charge in [0.25, 0.3) is 0 Å². The van der Waals surface area contributed by atoms with E-state index in [1.54, 1.807) is 12.1 Å². The van der Waals surface area contributed by atoms with Crippen molar-refractivity contribution < 1.29 is 14.0 Å². The standard InChI is InChI=1S/C18H25FN4O2/c1-2-18-20-17(21-25-18)13-23-8-4-7-22(9-10-23)12-16(24)14-5-3-6-15(19)11-14/h3,5-6,11,16,24H,2,4,7-10,12-13H2,1H3. The lowest BCUT2D eigenvalue weighted by Crippen LogP contribution is -2.33. The zero-order chi connectivity index (χ0) is 17.6. The summed E-state index contributed by atoms with van der Waals surface area (Å²) in [5.41, 5.74) is 0.625. The smallest absolute Gasteiger partial charge is 0.226 e. The SMILES string of the molecule is CCc1nc(CN2CCCN(CC(O)c3cccc(F)c3)CC2)no1. The maximum Gasteiger partial charge on any atom is 0.226 e. The third kappa shape index (κ3) is 5.07. The van der Waals surface area contributed by atoms with Crippen LogP contribution in [0.25, 0.3) is 0 Å². The predicted molar refractivity (Wildman–Crippen MR) is 91.4 cm³/mol. The number of nitrogens with zero attached hydrogens (tertiary/aromatic N) is 4. The summed E-state index contributed by atoms with van der Waals surface area (Å²) in [6, 6.07) is 6.19. The molecule has 1 atom stereocenters. The Kier molecular flexibility index (Phi) is 6.12. The third-order valence-corrected chi connectivity index (χ3v) is 4.52. The van der Waals surface area contributed by atoms with E-state index in [4.69, 9.17) is 4.52 Å². The van der Waals surface area contributed by atoms with Gasteiger partial charge in [-0.2, -0.15) is 4.98 Å². The number of hydrogen-bond acceptors (Lipinski definition) is 6. The molecule has 136 valence electrons. The van der Waals surface area contributed by atoms with E-state index in [0.29, 0.717) is 24.5 Å². The average Bonchev–Trinajstić information content (AvgIpc) is 2.95. The Hall–Kier alpha value is -1.83. The number of rotatable bonds is 6. The first-order chi connectivity index (χ1) is 12.1. The van der Waals surface area contributed by atoms with Crippen LogP contribution in [0.2, 0.25) is 0 Å². The first-order valence-corrected chi connectivity index (χ1v) is 8.83. The summed E-state index contributed by atoms with van der Waals surface area (Å²) >= 11 is 0. The number of β-amino-alcohol motifs (C(OH)–C–C–N with tert-alkyl or cyclic N) is 1. The summed E-state index contributed by atoms with van der Waals surface area (Å²) in [5, 5.41) is 14.4. The highest BCUT2D eigenvalue weighted by atomic mass is 19.1. The topological polar surface area (TPSA) is 65.6 Å². The molecule has 1 aliphatic heterocycles. The molecule has 25 heavy (non-hydrogen) atoms. The number of halogens is 1. The van der Waals surface area contributed by atoms with Crippen LogP contribution in [0.1, 0.15) is 36.7 Å². The van der Waals surface area contributed by atoms with Gasteiger partial charge in [-0.25, -0.2) is 4.39 Å². The summed E-state index contributed by atoms with van der Waals surface area (Å²) in [6.45, 7) is 6.79. The third-order valence-electron chi connectivity index (χ3n) is 4.52. The van der Waals surface area contributed by atoms with Gasteiger partial charge in [0.05, 0.1) is 12.6 Å². The van der Waals surface area contributed by atoms with E-state index in [1.165, 1.54) is 12.1 Å². The van der Waals surface area contributed by atoms with Gasteiger partial charge in [-0.05, 0) is 37.2 Å². The molecule has 1 fully saturated rings. The van der Waals surface area contributed by atoms with Crippen LogP contribution < -0.4 is 0 Å². The highest BCUT2D eigenvalue weighted by Crippen LogP contribution is 2.17. The molecule has 0 aliphatic carbocycles. The second-order valence-electron chi connectivity index (χ2n) is 6.46. The normalized spacial score (nSPS) is 18.2. The van der Waals surface area contributed by atoms with E-state index in [0.717, 1.165) is 44.8 Å². The Morgan fingerprint density at radius 2 is 2.04 bits per heavy atom. The Labute approximate surface area is 147 Å². The average molecular weight is 348 g/mol. The molecular weight excluding hydrogens is 323 g/mol.